The molecule has 0 amide bonds. The van der Waals surface area contributed by atoms with Crippen molar-refractivity contribution < 1.29 is 0 Å². The maximum Gasteiger partial charge on any atom is 0.0238 e. The molecule has 2 nitrogen and oxygen atoms in total. The predicted octanol–water partition coefficient (Wildman–Crippen LogP) is 4.42. The van der Waals surface area contributed by atoms with E-state index in [9.17, 15) is 0 Å². The van der Waals surface area contributed by atoms with E-state index in [1.54, 1.807) is 0 Å². The third kappa shape index (κ3) is 6.09. The molecule has 3 N–H and O–H groups in total. The lowest BCUT2D eigenvalue weighted by Crippen LogP contribution is -2.42. The van der Waals surface area contributed by atoms with Gasteiger partial charge < -0.3 is 0 Å². The van der Waals surface area contributed by atoms with E-state index in [0.29, 0.717) is 6.04 Å². The number of nitrogens with two attached hydrogens (primary N) is 1. The van der Waals surface area contributed by atoms with E-state index in [2.05, 4.69) is 25.9 Å². The number of hydrogen-bond donors (Lipinski definition) is 2. The standard InChI is InChI=1S/C17H34N2/c1-4-5-6-7-8-9-17(19-18)16-12-10-15(11-13-16)14(2)3/h4,14-17,19H,1,5-13,18H2,2-3H3. The van der Waals surface area contributed by atoms with E-state index >= 15 is 0 Å². The molecule has 0 saturated heterocycles. The highest BCUT2D eigenvalue weighted by molar-refractivity contribution is 4.82. The number of nitrogens with one attached hydrogen (secondary N) is 1. The highest BCUT2D eigenvalue weighted by Crippen LogP contribution is 2.35. The van der Waals surface area contributed by atoms with Crippen LogP contribution in [0.15, 0.2) is 12.7 Å². The van der Waals surface area contributed by atoms with Crippen LogP contribution in [0.1, 0.15) is 71.6 Å². The van der Waals surface area contributed by atoms with Crippen LogP contribution < -0.4 is 11.3 Å². The van der Waals surface area contributed by atoms with Gasteiger partial charge in [-0.2, -0.15) is 0 Å². The Morgan fingerprint density at radius 1 is 1.11 bits per heavy atom. The van der Waals surface area contributed by atoms with Gasteiger partial charge in [-0.1, -0.05) is 32.8 Å². The molecule has 0 spiro atoms. The Morgan fingerprint density at radius 2 is 1.74 bits per heavy atom. The third-order valence-corrected chi connectivity index (χ3v) is 4.97. The minimum Gasteiger partial charge on any atom is -0.271 e. The van der Waals surface area contributed by atoms with Crippen molar-refractivity contribution in [3.63, 3.8) is 0 Å². The number of rotatable bonds is 9. The molecule has 1 saturated carbocycles. The molecule has 0 aliphatic heterocycles. The molecule has 0 heterocycles. The van der Waals surface area contributed by atoms with E-state index in [4.69, 9.17) is 5.84 Å². The number of hydrogen-bond acceptors (Lipinski definition) is 2. The van der Waals surface area contributed by atoms with E-state index in [1.807, 2.05) is 6.08 Å². The van der Waals surface area contributed by atoms with Crippen LogP contribution in [0, 0.1) is 17.8 Å². The van der Waals surface area contributed by atoms with Gasteiger partial charge in [0.1, 0.15) is 0 Å². The van der Waals surface area contributed by atoms with Crippen molar-refractivity contribution in [3.05, 3.63) is 12.7 Å². The molecule has 1 atom stereocenters. The van der Waals surface area contributed by atoms with Crippen LogP contribution in [0.4, 0.5) is 0 Å². The Bertz CT molecular complexity index is 229. The SMILES string of the molecule is C=CCCCCCC(NN)C1CCC(C(C)C)CC1. The molecule has 1 fully saturated rings. The van der Waals surface area contributed by atoms with Crippen molar-refractivity contribution in [1.82, 2.24) is 5.43 Å². The summed E-state index contributed by atoms with van der Waals surface area (Å²) in [5.41, 5.74) is 3.09. The maximum absolute atomic E-state index is 5.77. The zero-order valence-corrected chi connectivity index (χ0v) is 13.0. The van der Waals surface area contributed by atoms with Crippen LogP contribution in [0.3, 0.4) is 0 Å². The molecule has 0 radical (unpaired) electrons. The van der Waals surface area contributed by atoms with Crippen LogP contribution in [0.5, 0.6) is 0 Å². The van der Waals surface area contributed by atoms with Gasteiger partial charge in [-0.3, -0.25) is 11.3 Å². The van der Waals surface area contributed by atoms with Crippen molar-refractivity contribution in [3.8, 4) is 0 Å². The largest absolute Gasteiger partial charge is 0.271 e. The molecule has 0 aromatic heterocycles. The summed E-state index contributed by atoms with van der Waals surface area (Å²) < 4.78 is 0. The summed E-state index contributed by atoms with van der Waals surface area (Å²) in [7, 11) is 0. The number of allylic oxidation sites excluding steroid dienone is 1. The van der Waals surface area contributed by atoms with Crippen molar-refractivity contribution in [2.75, 3.05) is 0 Å². The highest BCUT2D eigenvalue weighted by atomic mass is 15.2. The topological polar surface area (TPSA) is 38.0 Å². The first-order valence-electron chi connectivity index (χ1n) is 8.26. The van der Waals surface area contributed by atoms with Gasteiger partial charge in [0, 0.05) is 6.04 Å². The van der Waals surface area contributed by atoms with Crippen LogP contribution in [-0.2, 0) is 0 Å². The molecule has 112 valence electrons. The smallest absolute Gasteiger partial charge is 0.0238 e. The first-order valence-corrected chi connectivity index (χ1v) is 8.26. The van der Waals surface area contributed by atoms with Crippen LogP contribution in [0.25, 0.3) is 0 Å². The average Bonchev–Trinajstić information content (AvgIpc) is 2.43. The Labute approximate surface area is 120 Å². The highest BCUT2D eigenvalue weighted by Gasteiger charge is 2.27. The Balaban J connectivity index is 2.22. The van der Waals surface area contributed by atoms with E-state index in [1.165, 1.54) is 51.4 Å². The fourth-order valence-corrected chi connectivity index (χ4v) is 3.50. The van der Waals surface area contributed by atoms with Gasteiger partial charge in [-0.25, -0.2) is 0 Å². The molecule has 0 aromatic rings. The number of hydrazine groups is 1. The van der Waals surface area contributed by atoms with E-state index < -0.39 is 0 Å². The quantitative estimate of drug-likeness (QED) is 0.281. The van der Waals surface area contributed by atoms with Crippen molar-refractivity contribution in [2.24, 2.45) is 23.6 Å². The summed E-state index contributed by atoms with van der Waals surface area (Å²) in [6, 6.07) is 0.539. The van der Waals surface area contributed by atoms with Crippen LogP contribution in [0.2, 0.25) is 0 Å². The average molecular weight is 266 g/mol. The summed E-state index contributed by atoms with van der Waals surface area (Å²) >= 11 is 0. The third-order valence-electron chi connectivity index (χ3n) is 4.97. The van der Waals surface area contributed by atoms with Crippen LogP contribution in [-0.4, -0.2) is 6.04 Å². The van der Waals surface area contributed by atoms with E-state index in [-0.39, 0.29) is 0 Å². The summed E-state index contributed by atoms with van der Waals surface area (Å²) in [5, 5.41) is 0. The summed E-state index contributed by atoms with van der Waals surface area (Å²) in [5.74, 6) is 8.38. The van der Waals surface area contributed by atoms with Gasteiger partial charge in [0.2, 0.25) is 0 Å². The monoisotopic (exact) mass is 266 g/mol. The Hall–Kier alpha value is -0.340. The molecule has 1 aliphatic rings. The van der Waals surface area contributed by atoms with Crippen molar-refractivity contribution in [1.29, 1.82) is 0 Å². The Kier molecular flexibility index (Phi) is 8.40. The van der Waals surface area contributed by atoms with Gasteiger partial charge in [0.05, 0.1) is 0 Å². The molecule has 19 heavy (non-hydrogen) atoms. The maximum atomic E-state index is 5.77. The van der Waals surface area contributed by atoms with E-state index in [0.717, 1.165) is 24.2 Å². The van der Waals surface area contributed by atoms with Crippen molar-refractivity contribution >= 4 is 0 Å². The van der Waals surface area contributed by atoms with Gasteiger partial charge in [-0.15, -0.1) is 6.58 Å². The molecule has 0 aromatic carbocycles. The van der Waals surface area contributed by atoms with Gasteiger partial charge in [0.15, 0.2) is 0 Å². The lowest BCUT2D eigenvalue weighted by Gasteiger charge is -2.35. The Morgan fingerprint density at radius 3 is 2.26 bits per heavy atom. The summed E-state index contributed by atoms with van der Waals surface area (Å²) in [6.45, 7) is 8.50. The molecule has 1 rings (SSSR count). The molecule has 1 unspecified atom stereocenters. The first-order chi connectivity index (χ1) is 9.19. The van der Waals surface area contributed by atoms with Gasteiger partial charge in [-0.05, 0) is 62.7 Å². The first kappa shape index (κ1) is 16.7. The molecule has 0 bridgehead atoms. The second-order valence-corrected chi connectivity index (χ2v) is 6.62. The fourth-order valence-electron chi connectivity index (χ4n) is 3.50. The second kappa shape index (κ2) is 9.55. The molecular formula is C17H34N2. The predicted molar refractivity (Wildman–Crippen MR) is 84.7 cm³/mol. The number of unbranched alkanes of at least 4 members (excludes halogenated alkanes) is 3. The lowest BCUT2D eigenvalue weighted by molar-refractivity contribution is 0.182. The zero-order chi connectivity index (χ0) is 14.1. The minimum atomic E-state index is 0.539. The summed E-state index contributed by atoms with van der Waals surface area (Å²) in [4.78, 5) is 0. The van der Waals surface area contributed by atoms with Gasteiger partial charge in [0.25, 0.3) is 0 Å². The van der Waals surface area contributed by atoms with Crippen LogP contribution >= 0.6 is 0 Å². The molecule has 1 aliphatic carbocycles. The zero-order valence-electron chi connectivity index (χ0n) is 13.0. The lowest BCUT2D eigenvalue weighted by atomic mass is 9.74. The molecule has 2 heteroatoms. The minimum absolute atomic E-state index is 0.539. The fraction of sp³-hybridized carbons (Fsp3) is 0.882. The second-order valence-electron chi connectivity index (χ2n) is 6.62. The van der Waals surface area contributed by atoms with Crippen molar-refractivity contribution in [2.45, 2.75) is 77.7 Å². The van der Waals surface area contributed by atoms with Gasteiger partial charge >= 0.3 is 0 Å². The molecular weight excluding hydrogens is 232 g/mol. The summed E-state index contributed by atoms with van der Waals surface area (Å²) in [6.07, 6.45) is 13.8. The normalized spacial score (nSPS) is 25.5.